The number of carbonyl (C=O) groups excluding carboxylic acids is 1. The molecule has 0 bridgehead atoms. The minimum absolute atomic E-state index is 0.0193. The number of nitrogens with one attached hydrogen (secondary N) is 1. The summed E-state index contributed by atoms with van der Waals surface area (Å²) in [4.78, 5) is 12.0. The summed E-state index contributed by atoms with van der Waals surface area (Å²) in [5, 5.41) is 13.0. The van der Waals surface area contributed by atoms with Crippen LogP contribution in [0.1, 0.15) is 31.2 Å². The molecule has 1 amide bonds. The molecule has 2 rings (SSSR count). The van der Waals surface area contributed by atoms with E-state index in [9.17, 15) is 4.79 Å². The topological polar surface area (TPSA) is 49.3 Å². The van der Waals surface area contributed by atoms with E-state index in [4.69, 9.17) is 28.3 Å². The van der Waals surface area contributed by atoms with Gasteiger partial charge < -0.3 is 10.4 Å². The van der Waals surface area contributed by atoms with Crippen molar-refractivity contribution in [2.45, 2.75) is 25.7 Å². The second-order valence-corrected chi connectivity index (χ2v) is 6.39. The second-order valence-electron chi connectivity index (χ2n) is 5.51. The highest BCUT2D eigenvalue weighted by atomic mass is 35.5. The molecule has 1 saturated carbocycles. The zero-order valence-corrected chi connectivity index (χ0v) is 12.9. The van der Waals surface area contributed by atoms with E-state index < -0.39 is 0 Å². The van der Waals surface area contributed by atoms with Crippen LogP contribution in [-0.4, -0.2) is 24.2 Å². The molecular formula is C15H19Cl2NO2. The number of hydrogen-bond acceptors (Lipinski definition) is 2. The van der Waals surface area contributed by atoms with Crippen LogP contribution in [0.15, 0.2) is 18.2 Å². The lowest BCUT2D eigenvalue weighted by atomic mass is 10.1. The monoisotopic (exact) mass is 315 g/mol. The molecule has 0 aliphatic heterocycles. The van der Waals surface area contributed by atoms with E-state index in [1.165, 1.54) is 0 Å². The standard InChI is InChI=1S/C15H19Cl2NO2/c1-9(2-3-19)8-18-15(20)14-7-13(14)10-4-11(16)6-12(17)5-10/h4-6,9,13-14,19H,2-3,7-8H2,1H3,(H,18,20). The first-order valence-electron chi connectivity index (χ1n) is 6.85. The number of rotatable bonds is 6. The van der Waals surface area contributed by atoms with Gasteiger partial charge in [-0.05, 0) is 48.4 Å². The molecule has 1 aromatic carbocycles. The van der Waals surface area contributed by atoms with Crippen molar-refractivity contribution in [1.82, 2.24) is 5.32 Å². The fraction of sp³-hybridized carbons (Fsp3) is 0.533. The van der Waals surface area contributed by atoms with Crippen LogP contribution in [0.2, 0.25) is 10.0 Å². The van der Waals surface area contributed by atoms with Gasteiger partial charge in [-0.1, -0.05) is 30.1 Å². The molecule has 3 nitrogen and oxygen atoms in total. The van der Waals surface area contributed by atoms with Crippen molar-refractivity contribution in [3.8, 4) is 0 Å². The van der Waals surface area contributed by atoms with Crippen molar-refractivity contribution in [3.05, 3.63) is 33.8 Å². The van der Waals surface area contributed by atoms with E-state index in [-0.39, 0.29) is 24.3 Å². The molecule has 2 N–H and O–H groups in total. The van der Waals surface area contributed by atoms with Crippen molar-refractivity contribution in [2.24, 2.45) is 11.8 Å². The number of halogens is 2. The Hall–Kier alpha value is -0.770. The number of aliphatic hydroxyl groups is 1. The molecule has 1 aliphatic rings. The minimum atomic E-state index is 0.0193. The number of carbonyl (C=O) groups is 1. The lowest BCUT2D eigenvalue weighted by molar-refractivity contribution is -0.122. The van der Waals surface area contributed by atoms with Crippen LogP contribution < -0.4 is 5.32 Å². The zero-order valence-electron chi connectivity index (χ0n) is 11.4. The molecule has 0 radical (unpaired) electrons. The molecule has 0 saturated heterocycles. The summed E-state index contributed by atoms with van der Waals surface area (Å²) in [5.41, 5.74) is 1.03. The lowest BCUT2D eigenvalue weighted by Crippen LogP contribution is -2.30. The van der Waals surface area contributed by atoms with Crippen LogP contribution in [-0.2, 0) is 4.79 Å². The Morgan fingerprint density at radius 1 is 1.40 bits per heavy atom. The van der Waals surface area contributed by atoms with Crippen molar-refractivity contribution in [1.29, 1.82) is 0 Å². The van der Waals surface area contributed by atoms with Crippen LogP contribution in [0.3, 0.4) is 0 Å². The Bertz CT molecular complexity index is 473. The number of hydrogen-bond donors (Lipinski definition) is 2. The maximum absolute atomic E-state index is 12.0. The fourth-order valence-corrected chi connectivity index (χ4v) is 2.91. The first-order valence-corrected chi connectivity index (χ1v) is 7.61. The van der Waals surface area contributed by atoms with E-state index in [0.29, 0.717) is 28.9 Å². The highest BCUT2D eigenvalue weighted by molar-refractivity contribution is 6.34. The molecule has 0 aromatic heterocycles. The molecule has 0 heterocycles. The highest BCUT2D eigenvalue weighted by Crippen LogP contribution is 2.48. The Morgan fingerprint density at radius 3 is 2.65 bits per heavy atom. The van der Waals surface area contributed by atoms with Gasteiger partial charge in [0.15, 0.2) is 0 Å². The highest BCUT2D eigenvalue weighted by Gasteiger charge is 2.44. The smallest absolute Gasteiger partial charge is 0.223 e. The van der Waals surface area contributed by atoms with E-state index in [2.05, 4.69) is 5.32 Å². The normalized spacial score (nSPS) is 22.4. The summed E-state index contributed by atoms with van der Waals surface area (Å²) >= 11 is 12.0. The van der Waals surface area contributed by atoms with Crippen LogP contribution >= 0.6 is 23.2 Å². The molecule has 20 heavy (non-hydrogen) atoms. The molecule has 3 unspecified atom stereocenters. The average molecular weight is 316 g/mol. The van der Waals surface area contributed by atoms with Crippen LogP contribution in [0.4, 0.5) is 0 Å². The molecule has 1 fully saturated rings. The van der Waals surface area contributed by atoms with Crippen molar-refractivity contribution in [2.75, 3.05) is 13.2 Å². The van der Waals surface area contributed by atoms with Crippen molar-refractivity contribution >= 4 is 29.1 Å². The van der Waals surface area contributed by atoms with Gasteiger partial charge >= 0.3 is 0 Å². The third-order valence-corrected chi connectivity index (χ3v) is 4.12. The summed E-state index contributed by atoms with van der Waals surface area (Å²) in [6, 6.07) is 5.44. The first-order chi connectivity index (χ1) is 9.51. The first kappa shape index (κ1) is 15.6. The number of benzene rings is 1. The van der Waals surface area contributed by atoms with E-state index in [0.717, 1.165) is 12.0 Å². The van der Waals surface area contributed by atoms with Gasteiger partial charge in [0.2, 0.25) is 5.91 Å². The summed E-state index contributed by atoms with van der Waals surface area (Å²) in [5.74, 6) is 0.614. The van der Waals surface area contributed by atoms with Crippen molar-refractivity contribution in [3.63, 3.8) is 0 Å². The molecule has 0 spiro atoms. The van der Waals surface area contributed by atoms with Crippen LogP contribution in [0.25, 0.3) is 0 Å². The summed E-state index contributed by atoms with van der Waals surface area (Å²) in [7, 11) is 0. The maximum Gasteiger partial charge on any atom is 0.223 e. The van der Waals surface area contributed by atoms with Gasteiger partial charge in [-0.15, -0.1) is 0 Å². The van der Waals surface area contributed by atoms with Gasteiger partial charge in [-0.25, -0.2) is 0 Å². The fourth-order valence-electron chi connectivity index (χ4n) is 2.37. The lowest BCUT2D eigenvalue weighted by Gasteiger charge is -2.11. The van der Waals surface area contributed by atoms with Crippen LogP contribution in [0.5, 0.6) is 0 Å². The minimum Gasteiger partial charge on any atom is -0.396 e. The van der Waals surface area contributed by atoms with Gasteiger partial charge in [0.1, 0.15) is 0 Å². The predicted octanol–water partition coefficient (Wildman–Crippen LogP) is 3.23. The Kier molecular flexibility index (Phi) is 5.30. The molecule has 110 valence electrons. The molecule has 1 aliphatic carbocycles. The molecule has 5 heteroatoms. The largest absolute Gasteiger partial charge is 0.396 e. The Morgan fingerprint density at radius 2 is 2.05 bits per heavy atom. The summed E-state index contributed by atoms with van der Waals surface area (Å²) < 4.78 is 0. The maximum atomic E-state index is 12.0. The van der Waals surface area contributed by atoms with Gasteiger partial charge in [-0.3, -0.25) is 4.79 Å². The van der Waals surface area contributed by atoms with E-state index >= 15 is 0 Å². The van der Waals surface area contributed by atoms with E-state index in [1.807, 2.05) is 19.1 Å². The second kappa shape index (κ2) is 6.79. The van der Waals surface area contributed by atoms with Gasteiger partial charge in [0, 0.05) is 29.1 Å². The van der Waals surface area contributed by atoms with Gasteiger partial charge in [0.25, 0.3) is 0 Å². The third-order valence-electron chi connectivity index (χ3n) is 3.69. The van der Waals surface area contributed by atoms with Gasteiger partial charge in [-0.2, -0.15) is 0 Å². The summed E-state index contributed by atoms with van der Waals surface area (Å²) in [6.07, 6.45) is 1.55. The Balaban J connectivity index is 1.86. The Labute approximate surface area is 129 Å². The van der Waals surface area contributed by atoms with E-state index in [1.54, 1.807) is 6.07 Å². The quantitative estimate of drug-likeness (QED) is 0.846. The average Bonchev–Trinajstić information content (AvgIpc) is 3.15. The molecule has 1 aromatic rings. The third kappa shape index (κ3) is 4.11. The van der Waals surface area contributed by atoms with Crippen molar-refractivity contribution < 1.29 is 9.90 Å². The molecule has 3 atom stereocenters. The molecular weight excluding hydrogens is 297 g/mol. The number of aliphatic hydroxyl groups excluding tert-OH is 1. The van der Waals surface area contributed by atoms with Crippen LogP contribution in [0, 0.1) is 11.8 Å². The SMILES string of the molecule is CC(CCO)CNC(=O)C1CC1c1cc(Cl)cc(Cl)c1. The zero-order chi connectivity index (χ0) is 14.7. The predicted molar refractivity (Wildman–Crippen MR) is 81.2 cm³/mol. The number of amides is 1. The van der Waals surface area contributed by atoms with Gasteiger partial charge in [0.05, 0.1) is 0 Å². The summed E-state index contributed by atoms with van der Waals surface area (Å²) in [6.45, 7) is 2.78.